The van der Waals surface area contributed by atoms with Gasteiger partial charge in [-0.15, -0.1) is 0 Å². The Morgan fingerprint density at radius 2 is 1.89 bits per heavy atom. The number of fused-ring (bicyclic) bond motifs is 1. The third kappa shape index (κ3) is 6.77. The molecule has 35 heavy (non-hydrogen) atoms. The summed E-state index contributed by atoms with van der Waals surface area (Å²) in [7, 11) is 3.35. The molecule has 0 unspecified atom stereocenters. The van der Waals surface area contributed by atoms with Crippen LogP contribution in [0.5, 0.6) is 5.75 Å². The second-order valence-corrected chi connectivity index (χ2v) is 9.05. The Bertz CT molecular complexity index is 1200. The molecule has 0 aliphatic heterocycles. The number of hydrogen-bond donors (Lipinski definition) is 1. The lowest BCUT2D eigenvalue weighted by molar-refractivity contribution is -0.153. The number of nitrogens with one attached hydrogen (secondary N) is 1. The average molecular weight is 497 g/mol. The predicted octanol–water partition coefficient (Wildman–Crippen LogP) is 5.60. The number of benzene rings is 2. The van der Waals surface area contributed by atoms with Crippen molar-refractivity contribution in [1.29, 1.82) is 0 Å². The van der Waals surface area contributed by atoms with Crippen LogP contribution >= 0.6 is 0 Å². The van der Waals surface area contributed by atoms with Gasteiger partial charge in [0.05, 0.1) is 5.52 Å². The summed E-state index contributed by atoms with van der Waals surface area (Å²) in [6, 6.07) is 9.07. The molecule has 0 saturated heterocycles. The van der Waals surface area contributed by atoms with Gasteiger partial charge in [-0.3, -0.25) is 4.68 Å². The van der Waals surface area contributed by atoms with Crippen LogP contribution in [0.3, 0.4) is 0 Å². The van der Waals surface area contributed by atoms with E-state index in [9.17, 15) is 22.4 Å². The van der Waals surface area contributed by atoms with E-state index in [0.29, 0.717) is 30.0 Å². The van der Waals surface area contributed by atoms with Gasteiger partial charge < -0.3 is 19.7 Å². The molecule has 7 nitrogen and oxygen atoms in total. The first-order valence-electron chi connectivity index (χ1n) is 10.9. The topological polar surface area (TPSA) is 68.6 Å². The second kappa shape index (κ2) is 10.0. The average Bonchev–Trinajstić information content (AvgIpc) is 3.05. The molecule has 0 atom stereocenters. The van der Waals surface area contributed by atoms with E-state index in [2.05, 4.69) is 10.4 Å². The van der Waals surface area contributed by atoms with Crippen LogP contribution in [0.15, 0.2) is 36.4 Å². The smallest absolute Gasteiger partial charge is 0.422 e. The second-order valence-electron chi connectivity index (χ2n) is 9.05. The fourth-order valence-corrected chi connectivity index (χ4v) is 3.37. The van der Waals surface area contributed by atoms with Crippen LogP contribution in [0, 0.1) is 5.82 Å². The van der Waals surface area contributed by atoms with E-state index in [4.69, 9.17) is 9.47 Å². The number of alkyl halides is 3. The molecule has 0 fully saturated rings. The maximum absolute atomic E-state index is 14.3. The molecule has 1 N–H and O–H groups in total. The van der Waals surface area contributed by atoms with Crippen LogP contribution in [0.2, 0.25) is 0 Å². The number of rotatable bonds is 7. The fourth-order valence-electron chi connectivity index (χ4n) is 3.37. The van der Waals surface area contributed by atoms with Crippen molar-refractivity contribution in [3.63, 3.8) is 0 Å². The highest BCUT2D eigenvalue weighted by molar-refractivity contribution is 5.93. The summed E-state index contributed by atoms with van der Waals surface area (Å²) in [4.78, 5) is 13.6. The number of aromatic nitrogens is 2. The van der Waals surface area contributed by atoms with Gasteiger partial charge in [0, 0.05) is 38.1 Å². The van der Waals surface area contributed by atoms with Gasteiger partial charge >= 0.3 is 12.3 Å². The molecule has 3 aromatic rings. The SMILES string of the molecule is CN(CCNc1nn(C)c2cc(-c3cccc(F)c3OCC(F)(F)F)ccc12)C(=O)OC(C)(C)C. The molecule has 1 aromatic heterocycles. The minimum absolute atomic E-state index is 0.200. The van der Waals surface area contributed by atoms with Gasteiger partial charge in [-0.25, -0.2) is 9.18 Å². The number of amides is 1. The minimum Gasteiger partial charge on any atom is -0.480 e. The van der Waals surface area contributed by atoms with Crippen LogP contribution in [-0.2, 0) is 11.8 Å². The van der Waals surface area contributed by atoms with Gasteiger partial charge in [-0.2, -0.15) is 18.3 Å². The fraction of sp³-hybridized carbons (Fsp3) is 0.417. The van der Waals surface area contributed by atoms with Crippen molar-refractivity contribution in [3.8, 4) is 16.9 Å². The number of carbonyl (C=O) groups is 1. The van der Waals surface area contributed by atoms with E-state index in [-0.39, 0.29) is 5.56 Å². The normalized spacial score (nSPS) is 12.0. The number of aryl methyl sites for hydroxylation is 1. The van der Waals surface area contributed by atoms with Crippen LogP contribution < -0.4 is 10.1 Å². The first-order chi connectivity index (χ1) is 16.2. The van der Waals surface area contributed by atoms with Crippen molar-refractivity contribution < 1.29 is 31.8 Å². The summed E-state index contributed by atoms with van der Waals surface area (Å²) in [6.45, 7) is 4.55. The summed E-state index contributed by atoms with van der Waals surface area (Å²) in [5.74, 6) is -0.775. The first-order valence-corrected chi connectivity index (χ1v) is 10.9. The summed E-state index contributed by atoms with van der Waals surface area (Å²) < 4.78 is 64.0. The molecule has 0 aliphatic rings. The molecular weight excluding hydrogens is 468 g/mol. The number of likely N-dealkylation sites (N-methyl/N-ethyl adjacent to an activating group) is 1. The van der Waals surface area contributed by atoms with Crippen LogP contribution in [-0.4, -0.2) is 59.3 Å². The Balaban J connectivity index is 1.78. The molecule has 0 saturated carbocycles. The van der Waals surface area contributed by atoms with Crippen molar-refractivity contribution in [3.05, 3.63) is 42.2 Å². The molecule has 1 amide bonds. The van der Waals surface area contributed by atoms with Crippen LogP contribution in [0.1, 0.15) is 20.8 Å². The van der Waals surface area contributed by atoms with E-state index in [0.717, 1.165) is 11.5 Å². The van der Waals surface area contributed by atoms with Crippen LogP contribution in [0.25, 0.3) is 22.0 Å². The van der Waals surface area contributed by atoms with Gasteiger partial charge in [0.15, 0.2) is 24.0 Å². The van der Waals surface area contributed by atoms with Crippen molar-refractivity contribution in [1.82, 2.24) is 14.7 Å². The van der Waals surface area contributed by atoms with Crippen molar-refractivity contribution in [2.75, 3.05) is 32.1 Å². The highest BCUT2D eigenvalue weighted by atomic mass is 19.4. The largest absolute Gasteiger partial charge is 0.480 e. The number of ether oxygens (including phenoxy) is 2. The number of halogens is 4. The van der Waals surface area contributed by atoms with Crippen molar-refractivity contribution in [2.24, 2.45) is 7.05 Å². The van der Waals surface area contributed by atoms with E-state index >= 15 is 0 Å². The highest BCUT2D eigenvalue weighted by Gasteiger charge is 2.29. The maximum Gasteiger partial charge on any atom is 0.422 e. The standard InChI is InChI=1S/C24H28F4N4O3/c1-23(2,3)35-22(33)31(4)12-11-29-21-17-10-9-15(13-19(17)32(5)30-21)16-7-6-8-18(25)20(16)34-14-24(26,27)28/h6-10,13H,11-12,14H2,1-5H3,(H,29,30). The number of para-hydroxylation sites is 1. The summed E-state index contributed by atoms with van der Waals surface area (Å²) in [6.07, 6.45) is -5.03. The third-order valence-electron chi connectivity index (χ3n) is 4.95. The molecule has 3 rings (SSSR count). The minimum atomic E-state index is -4.59. The predicted molar refractivity (Wildman–Crippen MR) is 125 cm³/mol. The monoisotopic (exact) mass is 496 g/mol. The number of carbonyl (C=O) groups excluding carboxylic acids is 1. The van der Waals surface area contributed by atoms with Gasteiger partial charge in [0.25, 0.3) is 0 Å². The van der Waals surface area contributed by atoms with E-state index in [1.165, 1.54) is 17.0 Å². The molecular formula is C24H28F4N4O3. The molecule has 2 aromatic carbocycles. The van der Waals surface area contributed by atoms with Gasteiger partial charge in [0.1, 0.15) is 5.60 Å². The summed E-state index contributed by atoms with van der Waals surface area (Å²) in [5, 5.41) is 8.39. The molecule has 0 spiro atoms. The molecule has 0 radical (unpaired) electrons. The zero-order valence-electron chi connectivity index (χ0n) is 20.2. The molecule has 0 aliphatic carbocycles. The lowest BCUT2D eigenvalue weighted by atomic mass is 10.0. The van der Waals surface area contributed by atoms with E-state index in [1.807, 2.05) is 0 Å². The summed E-state index contributed by atoms with van der Waals surface area (Å²) in [5.41, 5.74) is 0.767. The quantitative estimate of drug-likeness (QED) is 0.432. The maximum atomic E-state index is 14.3. The Labute approximate surface area is 200 Å². The zero-order chi connectivity index (χ0) is 26.0. The lowest BCUT2D eigenvalue weighted by Gasteiger charge is -2.24. The lowest BCUT2D eigenvalue weighted by Crippen LogP contribution is -2.36. The molecule has 1 heterocycles. The van der Waals surface area contributed by atoms with E-state index < -0.39 is 36.0 Å². The molecule has 11 heteroatoms. The van der Waals surface area contributed by atoms with E-state index in [1.54, 1.807) is 57.7 Å². The Morgan fingerprint density at radius 3 is 2.54 bits per heavy atom. The van der Waals surface area contributed by atoms with Gasteiger partial charge in [-0.05, 0) is 44.5 Å². The first kappa shape index (κ1) is 26.1. The summed E-state index contributed by atoms with van der Waals surface area (Å²) >= 11 is 0. The van der Waals surface area contributed by atoms with Crippen molar-refractivity contribution >= 4 is 22.8 Å². The Kier molecular flexibility index (Phi) is 7.47. The Morgan fingerprint density at radius 1 is 1.17 bits per heavy atom. The number of hydrogen-bond acceptors (Lipinski definition) is 5. The van der Waals surface area contributed by atoms with Gasteiger partial charge in [0.2, 0.25) is 0 Å². The number of nitrogens with zero attached hydrogens (tertiary/aromatic N) is 3. The zero-order valence-corrected chi connectivity index (χ0v) is 20.2. The highest BCUT2D eigenvalue weighted by Crippen LogP contribution is 2.36. The van der Waals surface area contributed by atoms with Crippen molar-refractivity contribution in [2.45, 2.75) is 32.5 Å². The number of anilines is 1. The van der Waals surface area contributed by atoms with Gasteiger partial charge in [-0.1, -0.05) is 18.2 Å². The molecule has 0 bridgehead atoms. The Hall–Kier alpha value is -3.50. The third-order valence-corrected chi connectivity index (χ3v) is 4.95. The van der Waals surface area contributed by atoms with Crippen LogP contribution in [0.4, 0.5) is 28.2 Å². The molecule has 190 valence electrons.